The van der Waals surface area contributed by atoms with Gasteiger partial charge in [0, 0.05) is 36.5 Å². The fourth-order valence-corrected chi connectivity index (χ4v) is 4.77. The topological polar surface area (TPSA) is 45.4 Å². The molecule has 0 saturated heterocycles. The van der Waals surface area contributed by atoms with Gasteiger partial charge in [-0.3, -0.25) is 4.79 Å². The highest BCUT2D eigenvalue weighted by atomic mass is 16.5. The van der Waals surface area contributed by atoms with E-state index in [-0.39, 0.29) is 5.56 Å². The Morgan fingerprint density at radius 1 is 0.882 bits per heavy atom. The number of aryl methyl sites for hydroxylation is 2. The van der Waals surface area contributed by atoms with Gasteiger partial charge in [-0.25, -0.2) is 0 Å². The molecular weight excluding hydrogens is 424 g/mol. The van der Waals surface area contributed by atoms with Gasteiger partial charge in [-0.05, 0) is 37.6 Å². The Bertz CT molecular complexity index is 1540. The van der Waals surface area contributed by atoms with E-state index in [9.17, 15) is 4.79 Å². The van der Waals surface area contributed by atoms with Crippen LogP contribution in [0.1, 0.15) is 23.7 Å². The summed E-state index contributed by atoms with van der Waals surface area (Å²) in [5, 5.41) is 1.59. The fraction of sp³-hybridized carbons (Fsp3) is 0.207. The van der Waals surface area contributed by atoms with Crippen LogP contribution in [0.15, 0.2) is 77.6 Å². The highest BCUT2D eigenvalue weighted by molar-refractivity contribution is 6.09. The second kappa shape index (κ2) is 8.75. The largest absolute Gasteiger partial charge is 0.497 e. The molecule has 0 fully saturated rings. The Morgan fingerprint density at radius 2 is 1.62 bits per heavy atom. The number of rotatable bonds is 6. The monoisotopic (exact) mass is 452 g/mol. The second-order valence-corrected chi connectivity index (χ2v) is 8.50. The maximum absolute atomic E-state index is 13.7. The zero-order valence-electron chi connectivity index (χ0n) is 20.0. The van der Waals surface area contributed by atoms with E-state index in [0.29, 0.717) is 29.9 Å². The molecule has 0 unspecified atom stereocenters. The molecule has 34 heavy (non-hydrogen) atoms. The van der Waals surface area contributed by atoms with Gasteiger partial charge < -0.3 is 18.6 Å². The molecule has 0 saturated carbocycles. The molecule has 0 aliphatic heterocycles. The first kappa shape index (κ1) is 21.8. The van der Waals surface area contributed by atoms with Crippen LogP contribution in [0, 0.1) is 6.92 Å². The molecule has 2 heterocycles. The van der Waals surface area contributed by atoms with Crippen LogP contribution in [0.3, 0.4) is 0 Å². The van der Waals surface area contributed by atoms with Crippen LogP contribution in [-0.4, -0.2) is 23.4 Å². The van der Waals surface area contributed by atoms with Crippen molar-refractivity contribution < 1.29 is 9.47 Å². The van der Waals surface area contributed by atoms with Crippen molar-refractivity contribution in [2.24, 2.45) is 0 Å². The summed E-state index contributed by atoms with van der Waals surface area (Å²) in [6.07, 6.45) is 0.703. The molecule has 5 rings (SSSR count). The summed E-state index contributed by atoms with van der Waals surface area (Å²) in [7, 11) is 3.28. The van der Waals surface area contributed by atoms with Gasteiger partial charge >= 0.3 is 0 Å². The van der Waals surface area contributed by atoms with E-state index >= 15 is 0 Å². The molecule has 0 radical (unpaired) electrons. The lowest BCUT2D eigenvalue weighted by Gasteiger charge is -2.17. The van der Waals surface area contributed by atoms with Gasteiger partial charge in [0.1, 0.15) is 11.5 Å². The molecule has 3 aromatic carbocycles. The van der Waals surface area contributed by atoms with Gasteiger partial charge in [-0.15, -0.1) is 0 Å². The molecule has 172 valence electrons. The Hall–Kier alpha value is -3.99. The van der Waals surface area contributed by atoms with Gasteiger partial charge in [0.25, 0.3) is 5.56 Å². The van der Waals surface area contributed by atoms with Gasteiger partial charge in [-0.2, -0.15) is 0 Å². The summed E-state index contributed by atoms with van der Waals surface area (Å²) in [5.41, 5.74) is 6.08. The number of aromatic nitrogens is 2. The molecule has 0 N–H and O–H groups in total. The number of methoxy groups -OCH3 is 2. The molecule has 0 aliphatic carbocycles. The van der Waals surface area contributed by atoms with Crippen molar-refractivity contribution in [2.75, 3.05) is 14.2 Å². The summed E-state index contributed by atoms with van der Waals surface area (Å²) in [5.74, 6) is 1.34. The fourth-order valence-electron chi connectivity index (χ4n) is 4.77. The number of pyridine rings is 1. The lowest BCUT2D eigenvalue weighted by atomic mass is 10.1. The molecule has 5 heteroatoms. The maximum atomic E-state index is 13.7. The third-order valence-corrected chi connectivity index (χ3v) is 6.43. The molecule has 0 spiro atoms. The Balaban J connectivity index is 1.96. The third-order valence-electron chi connectivity index (χ3n) is 6.43. The lowest BCUT2D eigenvalue weighted by Crippen LogP contribution is -2.20. The van der Waals surface area contributed by atoms with E-state index in [1.807, 2.05) is 43.3 Å². The molecule has 0 aliphatic rings. The van der Waals surface area contributed by atoms with Crippen molar-refractivity contribution in [3.05, 3.63) is 100.0 Å². The Morgan fingerprint density at radius 3 is 2.26 bits per heavy atom. The van der Waals surface area contributed by atoms with Crippen molar-refractivity contribution in [3.8, 4) is 17.2 Å². The molecular formula is C29H28N2O3. The summed E-state index contributed by atoms with van der Waals surface area (Å²) >= 11 is 0. The molecule has 5 aromatic rings. The smallest absolute Gasteiger partial charge is 0.260 e. The Kier molecular flexibility index (Phi) is 5.62. The summed E-state index contributed by atoms with van der Waals surface area (Å²) < 4.78 is 15.4. The van der Waals surface area contributed by atoms with Crippen LogP contribution in [-0.2, 0) is 13.0 Å². The second-order valence-electron chi connectivity index (χ2n) is 8.50. The number of benzene rings is 3. The molecule has 0 amide bonds. The molecule has 2 aromatic heterocycles. The predicted molar refractivity (Wildman–Crippen MR) is 138 cm³/mol. The van der Waals surface area contributed by atoms with Gasteiger partial charge in [-0.1, -0.05) is 48.0 Å². The number of hydrogen-bond acceptors (Lipinski definition) is 3. The summed E-state index contributed by atoms with van der Waals surface area (Å²) in [6, 6.07) is 24.6. The number of hydrogen-bond donors (Lipinski definition) is 0. The first-order chi connectivity index (χ1) is 16.5. The van der Waals surface area contributed by atoms with Gasteiger partial charge in [0.15, 0.2) is 0 Å². The minimum absolute atomic E-state index is 0.0134. The van der Waals surface area contributed by atoms with E-state index in [1.165, 1.54) is 11.1 Å². The van der Waals surface area contributed by atoms with Crippen molar-refractivity contribution >= 4 is 21.8 Å². The first-order valence-corrected chi connectivity index (χ1v) is 11.5. The Labute approximate surface area is 198 Å². The van der Waals surface area contributed by atoms with Crippen molar-refractivity contribution in [2.45, 2.75) is 26.8 Å². The van der Waals surface area contributed by atoms with Crippen LogP contribution in [0.2, 0.25) is 0 Å². The van der Waals surface area contributed by atoms with E-state index in [2.05, 4.69) is 47.9 Å². The predicted octanol–water partition coefficient (Wildman–Crippen LogP) is 5.88. The van der Waals surface area contributed by atoms with Crippen LogP contribution < -0.4 is 15.0 Å². The van der Waals surface area contributed by atoms with Gasteiger partial charge in [0.05, 0.1) is 36.0 Å². The van der Waals surface area contributed by atoms with Crippen LogP contribution in [0.25, 0.3) is 27.5 Å². The summed E-state index contributed by atoms with van der Waals surface area (Å²) in [4.78, 5) is 13.7. The number of nitrogens with zero attached hydrogens (tertiary/aromatic N) is 2. The molecule has 0 bridgehead atoms. The maximum Gasteiger partial charge on any atom is 0.260 e. The van der Waals surface area contributed by atoms with Crippen molar-refractivity contribution in [3.63, 3.8) is 0 Å². The van der Waals surface area contributed by atoms with E-state index in [0.717, 1.165) is 27.8 Å². The van der Waals surface area contributed by atoms with Crippen LogP contribution in [0.4, 0.5) is 0 Å². The SMILES string of the molecule is CCn1c(=O)c2cc(Cc3ccccc3)n(-c3ccc(C)cc3)c2c2c(OC)cc(OC)cc21. The highest BCUT2D eigenvalue weighted by Gasteiger charge is 2.22. The first-order valence-electron chi connectivity index (χ1n) is 11.5. The van der Waals surface area contributed by atoms with E-state index in [4.69, 9.17) is 9.47 Å². The third kappa shape index (κ3) is 3.54. The van der Waals surface area contributed by atoms with Crippen LogP contribution in [0.5, 0.6) is 11.5 Å². The quantitative estimate of drug-likeness (QED) is 0.323. The average molecular weight is 453 g/mol. The zero-order chi connectivity index (χ0) is 23.8. The lowest BCUT2D eigenvalue weighted by molar-refractivity contribution is 0.397. The number of ether oxygens (including phenoxy) is 2. The van der Waals surface area contributed by atoms with Gasteiger partial charge in [0.2, 0.25) is 0 Å². The normalized spacial score (nSPS) is 11.3. The minimum atomic E-state index is -0.0134. The van der Waals surface area contributed by atoms with Crippen LogP contribution >= 0.6 is 0 Å². The molecule has 5 nitrogen and oxygen atoms in total. The van der Waals surface area contributed by atoms with Crippen molar-refractivity contribution in [1.29, 1.82) is 0 Å². The molecule has 0 atom stereocenters. The number of fused-ring (bicyclic) bond motifs is 3. The van der Waals surface area contributed by atoms with Crippen molar-refractivity contribution in [1.82, 2.24) is 9.13 Å². The average Bonchev–Trinajstić information content (AvgIpc) is 3.23. The summed E-state index contributed by atoms with van der Waals surface area (Å²) in [6.45, 7) is 4.61. The standard InChI is InChI=1S/C29H28N2O3/c1-5-30-25-17-23(33-3)18-26(34-4)27(25)28-24(29(30)32)16-22(15-20-9-7-6-8-10-20)31(28)21-13-11-19(2)12-14-21/h6-14,16-18H,5,15H2,1-4H3. The van der Waals surface area contributed by atoms with E-state index < -0.39 is 0 Å². The highest BCUT2D eigenvalue weighted by Crippen LogP contribution is 2.38. The zero-order valence-corrected chi connectivity index (χ0v) is 20.0. The van der Waals surface area contributed by atoms with E-state index in [1.54, 1.807) is 18.8 Å². The minimum Gasteiger partial charge on any atom is -0.497 e.